The predicted octanol–water partition coefficient (Wildman–Crippen LogP) is 5.41. The van der Waals surface area contributed by atoms with Gasteiger partial charge < -0.3 is 10.4 Å². The first-order valence-corrected chi connectivity index (χ1v) is 10.9. The van der Waals surface area contributed by atoms with Gasteiger partial charge in [-0.3, -0.25) is 9.36 Å². The quantitative estimate of drug-likeness (QED) is 0.398. The van der Waals surface area contributed by atoms with Gasteiger partial charge in [0.15, 0.2) is 0 Å². The standard InChI is InChI=1S/C25H24ClFN4O2/c1-15(25(2,3)33)12-22-28-14-16-13-21(24(32)29-20-7-5-4-6-19(20)26)31(23(16)30-22)18-10-8-17(27)9-11-18/h4-11,13-15,33H,12H2,1-3H3,(H,29,32)/t15-/m1/s1. The summed E-state index contributed by atoms with van der Waals surface area (Å²) in [6.07, 6.45) is 2.11. The Morgan fingerprint density at radius 2 is 1.91 bits per heavy atom. The minimum absolute atomic E-state index is 0.0906. The van der Waals surface area contributed by atoms with Crippen LogP contribution in [0.15, 0.2) is 60.8 Å². The zero-order valence-corrected chi connectivity index (χ0v) is 19.3. The first-order chi connectivity index (χ1) is 15.6. The summed E-state index contributed by atoms with van der Waals surface area (Å²) >= 11 is 6.21. The van der Waals surface area contributed by atoms with Crippen molar-refractivity contribution < 1.29 is 14.3 Å². The number of aliphatic hydroxyl groups is 1. The number of rotatable bonds is 6. The first kappa shape index (κ1) is 22.9. The van der Waals surface area contributed by atoms with Gasteiger partial charge in [-0.05, 0) is 62.2 Å². The van der Waals surface area contributed by atoms with E-state index in [1.165, 1.54) is 12.1 Å². The molecule has 0 aliphatic rings. The van der Waals surface area contributed by atoms with Gasteiger partial charge in [0, 0.05) is 23.7 Å². The lowest BCUT2D eigenvalue weighted by atomic mass is 9.90. The van der Waals surface area contributed by atoms with Crippen LogP contribution in [-0.2, 0) is 6.42 Å². The Morgan fingerprint density at radius 3 is 2.58 bits per heavy atom. The van der Waals surface area contributed by atoms with Gasteiger partial charge in [-0.25, -0.2) is 14.4 Å². The number of hydrogen-bond donors (Lipinski definition) is 2. The number of para-hydroxylation sites is 1. The molecule has 0 saturated carbocycles. The molecule has 170 valence electrons. The van der Waals surface area contributed by atoms with E-state index < -0.39 is 11.5 Å². The van der Waals surface area contributed by atoms with E-state index in [9.17, 15) is 14.3 Å². The maximum Gasteiger partial charge on any atom is 0.272 e. The molecule has 2 aromatic heterocycles. The number of anilines is 1. The van der Waals surface area contributed by atoms with E-state index >= 15 is 0 Å². The molecular formula is C25H24ClFN4O2. The van der Waals surface area contributed by atoms with Crippen LogP contribution >= 0.6 is 11.6 Å². The number of nitrogens with one attached hydrogen (secondary N) is 1. The van der Waals surface area contributed by atoms with Crippen LogP contribution < -0.4 is 5.32 Å². The molecule has 0 bridgehead atoms. The first-order valence-electron chi connectivity index (χ1n) is 10.5. The van der Waals surface area contributed by atoms with Crippen LogP contribution in [0.3, 0.4) is 0 Å². The molecule has 1 atom stereocenters. The Balaban J connectivity index is 1.82. The van der Waals surface area contributed by atoms with E-state index in [0.717, 1.165) is 0 Å². The van der Waals surface area contributed by atoms with Crippen molar-refractivity contribution in [3.8, 4) is 5.69 Å². The molecule has 6 nitrogen and oxygen atoms in total. The maximum atomic E-state index is 13.6. The summed E-state index contributed by atoms with van der Waals surface area (Å²) in [6, 6.07) is 14.5. The van der Waals surface area contributed by atoms with Crippen molar-refractivity contribution in [1.82, 2.24) is 14.5 Å². The second-order valence-electron chi connectivity index (χ2n) is 8.60. The van der Waals surface area contributed by atoms with Crippen LogP contribution in [0.1, 0.15) is 37.1 Å². The Labute approximate surface area is 196 Å². The van der Waals surface area contributed by atoms with E-state index in [2.05, 4.69) is 10.3 Å². The number of carbonyl (C=O) groups is 1. The lowest BCUT2D eigenvalue weighted by molar-refractivity contribution is 0.0243. The van der Waals surface area contributed by atoms with E-state index in [-0.39, 0.29) is 11.7 Å². The molecule has 4 rings (SSSR count). The Morgan fingerprint density at radius 1 is 1.21 bits per heavy atom. The van der Waals surface area contributed by atoms with Crippen molar-refractivity contribution >= 4 is 34.2 Å². The van der Waals surface area contributed by atoms with Crippen molar-refractivity contribution in [1.29, 1.82) is 0 Å². The zero-order valence-electron chi connectivity index (χ0n) is 18.5. The molecule has 0 unspecified atom stereocenters. The molecule has 8 heteroatoms. The van der Waals surface area contributed by atoms with Crippen molar-refractivity contribution in [3.05, 3.63) is 83.2 Å². The summed E-state index contributed by atoms with van der Waals surface area (Å²) in [5.74, 6) is -0.327. The summed E-state index contributed by atoms with van der Waals surface area (Å²) in [4.78, 5) is 22.4. The summed E-state index contributed by atoms with van der Waals surface area (Å²) in [7, 11) is 0. The van der Waals surface area contributed by atoms with Gasteiger partial charge in [-0.1, -0.05) is 30.7 Å². The normalized spacial score (nSPS) is 12.7. The Kier molecular flexibility index (Phi) is 6.19. The number of benzene rings is 2. The predicted molar refractivity (Wildman–Crippen MR) is 127 cm³/mol. The summed E-state index contributed by atoms with van der Waals surface area (Å²) in [6.45, 7) is 5.41. The van der Waals surface area contributed by atoms with Gasteiger partial charge in [0.2, 0.25) is 0 Å². The van der Waals surface area contributed by atoms with E-state index in [1.807, 2.05) is 6.92 Å². The number of nitrogens with zero attached hydrogens (tertiary/aromatic N) is 3. The van der Waals surface area contributed by atoms with Crippen LogP contribution in [0.5, 0.6) is 0 Å². The Bertz CT molecular complexity index is 1310. The molecule has 2 aromatic carbocycles. The fraction of sp³-hybridized carbons (Fsp3) is 0.240. The van der Waals surface area contributed by atoms with Crippen molar-refractivity contribution in [3.63, 3.8) is 0 Å². The highest BCUT2D eigenvalue weighted by atomic mass is 35.5. The zero-order chi connectivity index (χ0) is 23.8. The lowest BCUT2D eigenvalue weighted by Gasteiger charge is -2.25. The average molecular weight is 467 g/mol. The molecule has 0 aliphatic carbocycles. The van der Waals surface area contributed by atoms with Crippen molar-refractivity contribution in [2.45, 2.75) is 32.8 Å². The lowest BCUT2D eigenvalue weighted by Crippen LogP contribution is -2.30. The third-order valence-electron chi connectivity index (χ3n) is 5.73. The van der Waals surface area contributed by atoms with Gasteiger partial charge in [0.05, 0.1) is 16.3 Å². The van der Waals surface area contributed by atoms with Gasteiger partial charge >= 0.3 is 0 Å². The SMILES string of the molecule is C[C@H](Cc1ncc2cc(C(=O)Nc3ccccc3Cl)n(-c3ccc(F)cc3)c2n1)C(C)(C)O. The molecule has 1 amide bonds. The van der Waals surface area contributed by atoms with Crippen LogP contribution in [-0.4, -0.2) is 31.1 Å². The van der Waals surface area contributed by atoms with Gasteiger partial charge in [-0.15, -0.1) is 0 Å². The van der Waals surface area contributed by atoms with Gasteiger partial charge in [-0.2, -0.15) is 0 Å². The highest BCUT2D eigenvalue weighted by Crippen LogP contribution is 2.27. The van der Waals surface area contributed by atoms with Crippen LogP contribution in [0.4, 0.5) is 10.1 Å². The summed E-state index contributed by atoms with van der Waals surface area (Å²) in [5, 5.41) is 14.2. The maximum absolute atomic E-state index is 13.6. The number of fused-ring (bicyclic) bond motifs is 1. The number of hydrogen-bond acceptors (Lipinski definition) is 4. The number of aromatic nitrogens is 3. The molecule has 0 saturated heterocycles. The molecule has 0 fully saturated rings. The Hall–Kier alpha value is -3.29. The molecule has 2 heterocycles. The van der Waals surface area contributed by atoms with E-state index in [0.29, 0.717) is 45.4 Å². The molecule has 2 N–H and O–H groups in total. The molecule has 0 aliphatic heterocycles. The second kappa shape index (κ2) is 8.92. The molecular weight excluding hydrogens is 443 g/mol. The van der Waals surface area contributed by atoms with Crippen LogP contribution in [0.25, 0.3) is 16.7 Å². The second-order valence-corrected chi connectivity index (χ2v) is 9.01. The fourth-order valence-electron chi connectivity index (χ4n) is 3.41. The third kappa shape index (κ3) is 4.89. The smallest absolute Gasteiger partial charge is 0.272 e. The van der Waals surface area contributed by atoms with Crippen LogP contribution in [0, 0.1) is 11.7 Å². The molecule has 0 radical (unpaired) electrons. The summed E-state index contributed by atoms with van der Waals surface area (Å²) < 4.78 is 15.3. The third-order valence-corrected chi connectivity index (χ3v) is 6.05. The van der Waals surface area contributed by atoms with Crippen molar-refractivity contribution in [2.24, 2.45) is 5.92 Å². The largest absolute Gasteiger partial charge is 0.390 e. The fourth-order valence-corrected chi connectivity index (χ4v) is 3.60. The van der Waals surface area contributed by atoms with Crippen molar-refractivity contribution in [2.75, 3.05) is 5.32 Å². The number of halogens is 2. The minimum atomic E-state index is -0.892. The molecule has 4 aromatic rings. The van der Waals surface area contributed by atoms with Crippen LogP contribution in [0.2, 0.25) is 5.02 Å². The minimum Gasteiger partial charge on any atom is -0.390 e. The number of amides is 1. The average Bonchev–Trinajstić information content (AvgIpc) is 3.14. The van der Waals surface area contributed by atoms with E-state index in [4.69, 9.17) is 16.6 Å². The number of carbonyl (C=O) groups excluding carboxylic acids is 1. The topological polar surface area (TPSA) is 80.0 Å². The van der Waals surface area contributed by atoms with E-state index in [1.54, 1.807) is 67.1 Å². The van der Waals surface area contributed by atoms with Gasteiger partial charge in [0.1, 0.15) is 23.0 Å². The highest BCUT2D eigenvalue weighted by Gasteiger charge is 2.25. The molecule has 33 heavy (non-hydrogen) atoms. The highest BCUT2D eigenvalue weighted by molar-refractivity contribution is 6.33. The molecule has 0 spiro atoms. The summed E-state index contributed by atoms with van der Waals surface area (Å²) in [5.41, 5.74) is 0.983. The van der Waals surface area contributed by atoms with Gasteiger partial charge in [0.25, 0.3) is 5.91 Å². The monoisotopic (exact) mass is 466 g/mol.